The van der Waals surface area contributed by atoms with Gasteiger partial charge in [-0.15, -0.1) is 0 Å². The van der Waals surface area contributed by atoms with Crippen molar-refractivity contribution in [2.45, 2.75) is 64.4 Å². The maximum absolute atomic E-state index is 13.5. The standard InChI is InChI=1S/C33H44N6O7/c1-32(2,3)46-31(43)37-33(4,5)30(42)36-26(21-45-20-22-12-10-9-11-13-22)28(40)35-24-18-34-39(19-24)27(29(41)38(6)7)23-14-16-25(44-8)17-15-23/h9-19,26-27H,20-21H2,1-8H3,(H,35,40)(H,36,42)(H,37,43). The molecule has 2 aromatic carbocycles. The number of nitrogens with zero attached hydrogens (tertiary/aromatic N) is 3. The topological polar surface area (TPSA) is 153 Å². The Kier molecular flexibility index (Phi) is 11.9. The van der Waals surface area contributed by atoms with Gasteiger partial charge in [-0.25, -0.2) is 4.79 Å². The number of benzene rings is 2. The molecule has 0 radical (unpaired) electrons. The first-order chi connectivity index (χ1) is 21.6. The number of nitrogens with one attached hydrogen (secondary N) is 3. The molecule has 1 aromatic heterocycles. The Morgan fingerprint density at radius 3 is 2.20 bits per heavy atom. The summed E-state index contributed by atoms with van der Waals surface area (Å²) in [7, 11) is 4.85. The van der Waals surface area contributed by atoms with Gasteiger partial charge in [-0.3, -0.25) is 19.1 Å². The molecule has 3 N–H and O–H groups in total. The average Bonchev–Trinajstić information content (AvgIpc) is 3.43. The molecule has 3 rings (SSSR count). The molecule has 0 aliphatic heterocycles. The van der Waals surface area contributed by atoms with Crippen LogP contribution in [0, 0.1) is 0 Å². The number of carbonyl (C=O) groups excluding carboxylic acids is 4. The fourth-order valence-corrected chi connectivity index (χ4v) is 4.22. The van der Waals surface area contributed by atoms with E-state index in [1.807, 2.05) is 30.3 Å². The Hall–Kier alpha value is -4.91. The van der Waals surface area contributed by atoms with Gasteiger partial charge in [0, 0.05) is 20.3 Å². The lowest BCUT2D eigenvalue weighted by Crippen LogP contribution is -2.59. The highest BCUT2D eigenvalue weighted by Gasteiger charge is 2.35. The fourth-order valence-electron chi connectivity index (χ4n) is 4.22. The van der Waals surface area contributed by atoms with E-state index >= 15 is 0 Å². The number of ether oxygens (including phenoxy) is 3. The van der Waals surface area contributed by atoms with Crippen LogP contribution < -0.4 is 20.7 Å². The predicted octanol–water partition coefficient (Wildman–Crippen LogP) is 3.51. The van der Waals surface area contributed by atoms with E-state index in [0.29, 0.717) is 17.0 Å². The summed E-state index contributed by atoms with van der Waals surface area (Å²) in [6, 6.07) is 14.5. The van der Waals surface area contributed by atoms with Crippen molar-refractivity contribution in [3.8, 4) is 5.75 Å². The molecule has 0 aliphatic carbocycles. The second-order valence-corrected chi connectivity index (χ2v) is 12.4. The van der Waals surface area contributed by atoms with Crippen molar-refractivity contribution >= 4 is 29.5 Å². The SMILES string of the molecule is COc1ccc(C(C(=O)N(C)C)n2cc(NC(=O)C(COCc3ccccc3)NC(=O)C(C)(C)NC(=O)OC(C)(C)C)cn2)cc1. The Morgan fingerprint density at radius 1 is 0.957 bits per heavy atom. The summed E-state index contributed by atoms with van der Waals surface area (Å²) in [5.41, 5.74) is -0.346. The van der Waals surface area contributed by atoms with Crippen molar-refractivity contribution in [1.29, 1.82) is 0 Å². The number of amides is 4. The van der Waals surface area contributed by atoms with Crippen LogP contribution in [0.15, 0.2) is 67.0 Å². The van der Waals surface area contributed by atoms with Crippen LogP contribution in [0.3, 0.4) is 0 Å². The summed E-state index contributed by atoms with van der Waals surface area (Å²) in [4.78, 5) is 53.9. The molecule has 2 unspecified atom stereocenters. The third-order valence-electron chi connectivity index (χ3n) is 6.64. The average molecular weight is 637 g/mol. The van der Waals surface area contributed by atoms with E-state index < -0.39 is 41.1 Å². The third-order valence-corrected chi connectivity index (χ3v) is 6.64. The van der Waals surface area contributed by atoms with Gasteiger partial charge in [0.1, 0.15) is 22.9 Å². The monoisotopic (exact) mass is 636 g/mol. The van der Waals surface area contributed by atoms with E-state index in [2.05, 4.69) is 21.0 Å². The maximum atomic E-state index is 13.5. The zero-order chi connectivity index (χ0) is 34.1. The summed E-state index contributed by atoms with van der Waals surface area (Å²) >= 11 is 0. The highest BCUT2D eigenvalue weighted by Crippen LogP contribution is 2.24. The molecule has 248 valence electrons. The van der Waals surface area contributed by atoms with Gasteiger partial charge in [-0.1, -0.05) is 42.5 Å². The van der Waals surface area contributed by atoms with Crippen molar-refractivity contribution in [3.05, 3.63) is 78.1 Å². The van der Waals surface area contributed by atoms with Crippen molar-refractivity contribution in [2.75, 3.05) is 33.1 Å². The number of likely N-dealkylation sites (N-methyl/N-ethyl adjacent to an activating group) is 1. The van der Waals surface area contributed by atoms with E-state index in [-0.39, 0.29) is 19.1 Å². The van der Waals surface area contributed by atoms with Gasteiger partial charge >= 0.3 is 6.09 Å². The van der Waals surface area contributed by atoms with Crippen molar-refractivity contribution in [3.63, 3.8) is 0 Å². The number of alkyl carbamates (subject to hydrolysis) is 1. The Labute approximate surface area is 269 Å². The number of aromatic nitrogens is 2. The molecule has 46 heavy (non-hydrogen) atoms. The maximum Gasteiger partial charge on any atom is 0.408 e. The van der Waals surface area contributed by atoms with E-state index in [1.165, 1.54) is 35.8 Å². The van der Waals surface area contributed by atoms with Crippen LogP contribution in [0.4, 0.5) is 10.5 Å². The molecule has 13 heteroatoms. The Morgan fingerprint density at radius 2 is 1.61 bits per heavy atom. The normalized spacial score (nSPS) is 12.8. The lowest BCUT2D eigenvalue weighted by molar-refractivity contribution is -0.131. The van der Waals surface area contributed by atoms with Crippen LogP contribution in [0.1, 0.15) is 51.8 Å². The van der Waals surface area contributed by atoms with Crippen molar-refractivity contribution < 1.29 is 33.4 Å². The highest BCUT2D eigenvalue weighted by molar-refractivity contribution is 5.99. The predicted molar refractivity (Wildman–Crippen MR) is 172 cm³/mol. The summed E-state index contributed by atoms with van der Waals surface area (Å²) < 4.78 is 17.8. The van der Waals surface area contributed by atoms with Gasteiger partial charge < -0.3 is 35.1 Å². The van der Waals surface area contributed by atoms with Gasteiger partial charge in [-0.2, -0.15) is 5.10 Å². The number of hydrogen-bond donors (Lipinski definition) is 3. The van der Waals surface area contributed by atoms with E-state index in [1.54, 1.807) is 66.2 Å². The molecule has 0 saturated heterocycles. The van der Waals surface area contributed by atoms with Gasteiger partial charge in [0.05, 0.1) is 32.2 Å². The molecule has 0 aliphatic rings. The van der Waals surface area contributed by atoms with E-state index in [4.69, 9.17) is 14.2 Å². The summed E-state index contributed by atoms with van der Waals surface area (Å²) in [6.07, 6.45) is 2.17. The summed E-state index contributed by atoms with van der Waals surface area (Å²) in [6.45, 7) is 8.16. The minimum atomic E-state index is -1.43. The molecule has 0 spiro atoms. The quantitative estimate of drug-likeness (QED) is 0.258. The van der Waals surface area contributed by atoms with Gasteiger partial charge in [0.15, 0.2) is 6.04 Å². The van der Waals surface area contributed by atoms with Crippen LogP contribution >= 0.6 is 0 Å². The molecule has 1 heterocycles. The van der Waals surface area contributed by atoms with E-state index in [9.17, 15) is 19.2 Å². The van der Waals surface area contributed by atoms with Crippen LogP contribution in [0.5, 0.6) is 5.75 Å². The number of rotatable bonds is 13. The molecule has 4 amide bonds. The van der Waals surface area contributed by atoms with Crippen LogP contribution in [-0.2, 0) is 30.5 Å². The van der Waals surface area contributed by atoms with Gasteiger partial charge in [0.2, 0.25) is 11.8 Å². The molecule has 3 aromatic rings. The largest absolute Gasteiger partial charge is 0.497 e. The fraction of sp³-hybridized carbons (Fsp3) is 0.424. The molecule has 0 bridgehead atoms. The first kappa shape index (κ1) is 35.6. The molecule has 0 fully saturated rings. The minimum absolute atomic E-state index is 0.170. The smallest absolute Gasteiger partial charge is 0.408 e. The van der Waals surface area contributed by atoms with Crippen LogP contribution in [-0.4, -0.2) is 83.5 Å². The second-order valence-electron chi connectivity index (χ2n) is 12.4. The van der Waals surface area contributed by atoms with Crippen LogP contribution in [0.25, 0.3) is 0 Å². The first-order valence-electron chi connectivity index (χ1n) is 14.7. The summed E-state index contributed by atoms with van der Waals surface area (Å²) in [5, 5.41) is 12.3. The minimum Gasteiger partial charge on any atom is -0.497 e. The van der Waals surface area contributed by atoms with Gasteiger partial charge in [0.25, 0.3) is 5.91 Å². The molecular formula is C33H44N6O7. The number of anilines is 1. The third kappa shape index (κ3) is 10.3. The zero-order valence-corrected chi connectivity index (χ0v) is 27.6. The highest BCUT2D eigenvalue weighted by atomic mass is 16.6. The number of hydrogen-bond acceptors (Lipinski definition) is 8. The molecule has 13 nitrogen and oxygen atoms in total. The van der Waals surface area contributed by atoms with E-state index in [0.717, 1.165) is 5.56 Å². The lowest BCUT2D eigenvalue weighted by atomic mass is 10.0. The number of methoxy groups -OCH3 is 1. The second kappa shape index (κ2) is 15.4. The van der Waals surface area contributed by atoms with Crippen molar-refractivity contribution in [2.24, 2.45) is 0 Å². The Bertz CT molecular complexity index is 1480. The molecule has 0 saturated carbocycles. The zero-order valence-electron chi connectivity index (χ0n) is 27.6. The van der Waals surface area contributed by atoms with Crippen LogP contribution in [0.2, 0.25) is 0 Å². The summed E-state index contributed by atoms with van der Waals surface area (Å²) in [5.74, 6) is -0.812. The molecular weight excluding hydrogens is 592 g/mol. The first-order valence-corrected chi connectivity index (χ1v) is 14.7. The van der Waals surface area contributed by atoms with Gasteiger partial charge in [-0.05, 0) is 57.9 Å². The number of carbonyl (C=O) groups is 4. The van der Waals surface area contributed by atoms with Crippen molar-refractivity contribution in [1.82, 2.24) is 25.3 Å². The lowest BCUT2D eigenvalue weighted by Gasteiger charge is -2.29. The Balaban J connectivity index is 1.80. The molecule has 2 atom stereocenters.